The number of benzene rings is 1. The van der Waals surface area contributed by atoms with Crippen LogP contribution in [0.2, 0.25) is 0 Å². The third-order valence-corrected chi connectivity index (χ3v) is 4.83. The summed E-state index contributed by atoms with van der Waals surface area (Å²) in [5, 5.41) is 8.48. The van der Waals surface area contributed by atoms with E-state index in [4.69, 9.17) is 4.42 Å². The maximum absolute atomic E-state index is 5.92. The SMILES string of the molecule is Cc1ccccc1CN1CCC[C@@H](c2nnc(-c3ccccn3)o2)C1. The van der Waals surface area contributed by atoms with Gasteiger partial charge >= 0.3 is 0 Å². The van der Waals surface area contributed by atoms with Crippen LogP contribution in [0, 0.1) is 6.92 Å². The minimum atomic E-state index is 0.294. The second-order valence-electron chi connectivity index (χ2n) is 6.66. The van der Waals surface area contributed by atoms with Crippen molar-refractivity contribution in [2.75, 3.05) is 13.1 Å². The molecule has 3 aromatic rings. The number of hydrogen-bond donors (Lipinski definition) is 0. The summed E-state index contributed by atoms with van der Waals surface area (Å²) in [5.74, 6) is 1.53. The van der Waals surface area contributed by atoms with E-state index >= 15 is 0 Å². The van der Waals surface area contributed by atoms with Crippen molar-refractivity contribution in [2.45, 2.75) is 32.2 Å². The largest absolute Gasteiger partial charge is 0.419 e. The molecule has 5 nitrogen and oxygen atoms in total. The molecule has 1 saturated heterocycles. The van der Waals surface area contributed by atoms with E-state index in [0.29, 0.717) is 11.8 Å². The van der Waals surface area contributed by atoms with Crippen molar-refractivity contribution in [1.82, 2.24) is 20.1 Å². The Labute approximate surface area is 147 Å². The van der Waals surface area contributed by atoms with Gasteiger partial charge in [-0.05, 0) is 49.6 Å². The van der Waals surface area contributed by atoms with E-state index in [1.807, 2.05) is 18.2 Å². The molecule has 5 heteroatoms. The highest BCUT2D eigenvalue weighted by Gasteiger charge is 2.26. The Bertz CT molecular complexity index is 830. The van der Waals surface area contributed by atoms with Gasteiger partial charge < -0.3 is 4.42 Å². The monoisotopic (exact) mass is 334 g/mol. The fraction of sp³-hybridized carbons (Fsp3) is 0.350. The highest BCUT2D eigenvalue weighted by atomic mass is 16.4. The molecular weight excluding hydrogens is 312 g/mol. The van der Waals surface area contributed by atoms with E-state index in [-0.39, 0.29) is 0 Å². The molecule has 3 heterocycles. The molecule has 0 N–H and O–H groups in total. The molecule has 0 amide bonds. The molecule has 1 aromatic carbocycles. The predicted molar refractivity (Wildman–Crippen MR) is 96.0 cm³/mol. The molecule has 1 aliphatic heterocycles. The first kappa shape index (κ1) is 16.0. The number of rotatable bonds is 4. The Morgan fingerprint density at radius 3 is 2.84 bits per heavy atom. The standard InChI is InChI=1S/C20H22N4O/c1-15-7-2-3-8-16(15)13-24-12-6-9-17(14-24)19-22-23-20(25-19)18-10-4-5-11-21-18/h2-5,7-8,10-11,17H,6,9,12-14H2,1H3/t17-/m1/s1. The summed E-state index contributed by atoms with van der Waals surface area (Å²) in [5.41, 5.74) is 3.47. The van der Waals surface area contributed by atoms with Crippen LogP contribution in [0.15, 0.2) is 53.1 Å². The summed E-state index contributed by atoms with van der Waals surface area (Å²) < 4.78 is 5.92. The molecule has 1 aliphatic rings. The zero-order valence-corrected chi connectivity index (χ0v) is 14.4. The van der Waals surface area contributed by atoms with Gasteiger partial charge in [0, 0.05) is 19.3 Å². The highest BCUT2D eigenvalue weighted by molar-refractivity contribution is 5.45. The third-order valence-electron chi connectivity index (χ3n) is 4.83. The number of nitrogens with zero attached hydrogens (tertiary/aromatic N) is 4. The van der Waals surface area contributed by atoms with Gasteiger partial charge in [-0.3, -0.25) is 9.88 Å². The van der Waals surface area contributed by atoms with E-state index in [1.54, 1.807) is 6.20 Å². The third kappa shape index (κ3) is 3.61. The van der Waals surface area contributed by atoms with Crippen LogP contribution in [0.1, 0.15) is 35.8 Å². The first-order valence-corrected chi connectivity index (χ1v) is 8.81. The molecule has 2 aromatic heterocycles. The van der Waals surface area contributed by atoms with Crippen LogP contribution >= 0.6 is 0 Å². The summed E-state index contributed by atoms with van der Waals surface area (Å²) in [6.07, 6.45) is 3.98. The molecule has 0 bridgehead atoms. The van der Waals surface area contributed by atoms with Gasteiger partial charge in [0.05, 0.1) is 5.92 Å². The number of piperidine rings is 1. The van der Waals surface area contributed by atoms with Crippen LogP contribution in [-0.2, 0) is 6.54 Å². The summed E-state index contributed by atoms with van der Waals surface area (Å²) in [6, 6.07) is 14.3. The van der Waals surface area contributed by atoms with Crippen molar-refractivity contribution in [2.24, 2.45) is 0 Å². The van der Waals surface area contributed by atoms with Crippen molar-refractivity contribution >= 4 is 0 Å². The summed E-state index contributed by atoms with van der Waals surface area (Å²) in [6.45, 7) is 5.22. The Balaban J connectivity index is 1.46. The molecule has 0 unspecified atom stereocenters. The minimum absolute atomic E-state index is 0.294. The van der Waals surface area contributed by atoms with E-state index in [1.165, 1.54) is 11.1 Å². The zero-order valence-electron chi connectivity index (χ0n) is 14.4. The van der Waals surface area contributed by atoms with Gasteiger partial charge in [0.25, 0.3) is 5.89 Å². The molecule has 0 spiro atoms. The lowest BCUT2D eigenvalue weighted by molar-refractivity contribution is 0.186. The van der Waals surface area contributed by atoms with Crippen molar-refractivity contribution in [1.29, 1.82) is 0 Å². The molecule has 0 aliphatic carbocycles. The Kier molecular flexibility index (Phi) is 4.57. The molecule has 0 radical (unpaired) electrons. The highest BCUT2D eigenvalue weighted by Crippen LogP contribution is 2.28. The minimum Gasteiger partial charge on any atom is -0.419 e. The van der Waals surface area contributed by atoms with E-state index < -0.39 is 0 Å². The number of hydrogen-bond acceptors (Lipinski definition) is 5. The number of pyridine rings is 1. The summed E-state index contributed by atoms with van der Waals surface area (Å²) in [7, 11) is 0. The van der Waals surface area contributed by atoms with E-state index in [0.717, 1.165) is 44.1 Å². The maximum atomic E-state index is 5.92. The van der Waals surface area contributed by atoms with Crippen molar-refractivity contribution in [3.63, 3.8) is 0 Å². The van der Waals surface area contributed by atoms with E-state index in [9.17, 15) is 0 Å². The molecule has 25 heavy (non-hydrogen) atoms. The van der Waals surface area contributed by atoms with Crippen LogP contribution in [0.25, 0.3) is 11.6 Å². The normalized spacial score (nSPS) is 18.4. The van der Waals surface area contributed by atoms with Gasteiger partial charge in [0.15, 0.2) is 0 Å². The van der Waals surface area contributed by atoms with Crippen LogP contribution in [-0.4, -0.2) is 33.2 Å². The molecule has 128 valence electrons. The van der Waals surface area contributed by atoms with Gasteiger partial charge in [-0.25, -0.2) is 0 Å². The lowest BCUT2D eigenvalue weighted by Gasteiger charge is -2.31. The van der Waals surface area contributed by atoms with Gasteiger partial charge in [-0.1, -0.05) is 30.3 Å². The second kappa shape index (κ2) is 7.15. The van der Waals surface area contributed by atoms with Crippen LogP contribution in [0.5, 0.6) is 0 Å². The molecule has 4 rings (SSSR count). The van der Waals surface area contributed by atoms with Crippen LogP contribution in [0.4, 0.5) is 0 Å². The lowest BCUT2D eigenvalue weighted by atomic mass is 9.97. The van der Waals surface area contributed by atoms with Gasteiger partial charge in [-0.2, -0.15) is 0 Å². The number of likely N-dealkylation sites (tertiary alicyclic amines) is 1. The Morgan fingerprint density at radius 2 is 2.00 bits per heavy atom. The fourth-order valence-corrected chi connectivity index (χ4v) is 3.42. The average molecular weight is 334 g/mol. The summed E-state index contributed by atoms with van der Waals surface area (Å²) in [4.78, 5) is 6.77. The first-order valence-electron chi connectivity index (χ1n) is 8.81. The first-order chi connectivity index (χ1) is 12.3. The fourth-order valence-electron chi connectivity index (χ4n) is 3.42. The van der Waals surface area contributed by atoms with Crippen LogP contribution in [0.3, 0.4) is 0 Å². The van der Waals surface area contributed by atoms with Crippen molar-refractivity contribution < 1.29 is 4.42 Å². The van der Waals surface area contributed by atoms with Crippen molar-refractivity contribution in [3.05, 3.63) is 65.7 Å². The maximum Gasteiger partial charge on any atom is 0.266 e. The van der Waals surface area contributed by atoms with E-state index in [2.05, 4.69) is 51.3 Å². The Morgan fingerprint density at radius 1 is 1.12 bits per heavy atom. The van der Waals surface area contributed by atoms with Gasteiger partial charge in [0.2, 0.25) is 5.89 Å². The topological polar surface area (TPSA) is 55.1 Å². The number of aromatic nitrogens is 3. The molecule has 0 saturated carbocycles. The summed E-state index contributed by atoms with van der Waals surface area (Å²) >= 11 is 0. The number of aryl methyl sites for hydroxylation is 1. The second-order valence-corrected chi connectivity index (χ2v) is 6.66. The molecule has 1 fully saturated rings. The zero-order chi connectivity index (χ0) is 17.1. The van der Waals surface area contributed by atoms with Gasteiger partial charge in [-0.15, -0.1) is 10.2 Å². The quantitative estimate of drug-likeness (QED) is 0.726. The predicted octanol–water partition coefficient (Wildman–Crippen LogP) is 3.82. The smallest absolute Gasteiger partial charge is 0.266 e. The molecule has 1 atom stereocenters. The van der Waals surface area contributed by atoms with Crippen LogP contribution < -0.4 is 0 Å². The Hall–Kier alpha value is -2.53. The van der Waals surface area contributed by atoms with Gasteiger partial charge in [0.1, 0.15) is 5.69 Å². The molecular formula is C20H22N4O. The van der Waals surface area contributed by atoms with Crippen molar-refractivity contribution in [3.8, 4) is 11.6 Å². The lowest BCUT2D eigenvalue weighted by Crippen LogP contribution is -2.34. The average Bonchev–Trinajstić information content (AvgIpc) is 3.15.